The summed E-state index contributed by atoms with van der Waals surface area (Å²) in [5.41, 5.74) is 3.93. The number of amides is 1. The Morgan fingerprint density at radius 2 is 1.70 bits per heavy atom. The van der Waals surface area contributed by atoms with E-state index in [1.54, 1.807) is 12.1 Å². The van der Waals surface area contributed by atoms with Crippen molar-refractivity contribution in [3.63, 3.8) is 0 Å². The first kappa shape index (κ1) is 26.3. The summed E-state index contributed by atoms with van der Waals surface area (Å²) in [6.07, 6.45) is 0. The predicted octanol–water partition coefficient (Wildman–Crippen LogP) is 6.12. The highest BCUT2D eigenvalue weighted by molar-refractivity contribution is 6.03. The molecule has 0 aliphatic heterocycles. The largest absolute Gasteiger partial charge is 0.479 e. The van der Waals surface area contributed by atoms with Crippen LogP contribution in [0.2, 0.25) is 0 Å². The van der Waals surface area contributed by atoms with E-state index in [1.165, 1.54) is 32.5 Å². The van der Waals surface area contributed by atoms with Gasteiger partial charge in [-0.2, -0.15) is 9.97 Å². The van der Waals surface area contributed by atoms with Gasteiger partial charge in [0.15, 0.2) is 11.4 Å². The van der Waals surface area contributed by atoms with E-state index in [-0.39, 0.29) is 40.6 Å². The van der Waals surface area contributed by atoms with Crippen molar-refractivity contribution in [2.75, 3.05) is 26.6 Å². The number of rotatable bonds is 8. The minimum Gasteiger partial charge on any atom is -0.479 e. The number of anilines is 1. The van der Waals surface area contributed by atoms with Gasteiger partial charge in [-0.05, 0) is 58.9 Å². The number of hydrogen-bond acceptors (Lipinski definition) is 8. The standard InChI is InChI=1S/C28H35N3O6/c1-14(2)22-16(4)28(5,6)18-12-15(3)20(13-17(18)22)37-21-11-10-19(36-21)24(32)29-23-25(33-7)30-27(35-9)31-26(23)34-8/h10-14,16,22H,1-9H3,(H,29,32). The molecule has 1 aromatic carbocycles. The van der Waals surface area contributed by atoms with Gasteiger partial charge in [-0.25, -0.2) is 0 Å². The van der Waals surface area contributed by atoms with Crippen molar-refractivity contribution in [1.29, 1.82) is 0 Å². The molecular formula is C28H35N3O6. The van der Waals surface area contributed by atoms with Crippen LogP contribution < -0.4 is 24.3 Å². The molecule has 4 rings (SSSR count). The van der Waals surface area contributed by atoms with Gasteiger partial charge >= 0.3 is 6.01 Å². The van der Waals surface area contributed by atoms with Crippen molar-refractivity contribution in [1.82, 2.24) is 9.97 Å². The third-order valence-electron chi connectivity index (χ3n) is 7.44. The molecule has 9 heteroatoms. The highest BCUT2D eigenvalue weighted by Gasteiger charge is 2.45. The van der Waals surface area contributed by atoms with Crippen molar-refractivity contribution in [2.24, 2.45) is 11.8 Å². The molecule has 198 valence electrons. The quantitative estimate of drug-likeness (QED) is 0.387. The SMILES string of the molecule is COc1nc(OC)c(NC(=O)c2ccc(Oc3cc4c(cc3C)C(C)(C)C(C)C4C(C)C)o2)c(OC)n1. The number of nitrogens with zero attached hydrogens (tertiary/aromatic N) is 2. The number of aromatic nitrogens is 2. The van der Waals surface area contributed by atoms with Crippen LogP contribution in [0, 0.1) is 18.8 Å². The van der Waals surface area contributed by atoms with Crippen LogP contribution in [0.15, 0.2) is 28.7 Å². The van der Waals surface area contributed by atoms with E-state index in [0.717, 1.165) is 5.56 Å². The number of hydrogen-bond donors (Lipinski definition) is 1. The van der Waals surface area contributed by atoms with Gasteiger partial charge in [0.05, 0.1) is 21.3 Å². The molecule has 1 aliphatic rings. The molecule has 3 aromatic rings. The van der Waals surface area contributed by atoms with Crippen LogP contribution in [-0.2, 0) is 5.41 Å². The third-order valence-corrected chi connectivity index (χ3v) is 7.44. The van der Waals surface area contributed by atoms with Crippen molar-refractivity contribution >= 4 is 11.6 Å². The second kappa shape index (κ2) is 9.95. The zero-order chi connectivity index (χ0) is 27.1. The minimum absolute atomic E-state index is 0.0441. The topological polar surface area (TPSA) is 105 Å². The number of carbonyl (C=O) groups is 1. The van der Waals surface area contributed by atoms with Gasteiger partial charge in [0.25, 0.3) is 11.9 Å². The van der Waals surface area contributed by atoms with Crippen LogP contribution in [0.1, 0.15) is 67.8 Å². The number of aryl methyl sites for hydroxylation is 1. The number of methoxy groups -OCH3 is 3. The number of benzene rings is 1. The van der Waals surface area contributed by atoms with Crippen LogP contribution in [0.5, 0.6) is 29.5 Å². The lowest BCUT2D eigenvalue weighted by atomic mass is 9.74. The van der Waals surface area contributed by atoms with Gasteiger partial charge in [0, 0.05) is 6.07 Å². The summed E-state index contributed by atoms with van der Waals surface area (Å²) in [6, 6.07) is 7.56. The van der Waals surface area contributed by atoms with E-state index in [4.69, 9.17) is 23.4 Å². The van der Waals surface area contributed by atoms with Crippen LogP contribution in [0.4, 0.5) is 5.69 Å². The van der Waals surface area contributed by atoms with E-state index >= 15 is 0 Å². The van der Waals surface area contributed by atoms with E-state index < -0.39 is 5.91 Å². The smallest absolute Gasteiger partial charge is 0.322 e. The molecule has 2 aromatic heterocycles. The molecule has 0 saturated carbocycles. The predicted molar refractivity (Wildman–Crippen MR) is 139 cm³/mol. The van der Waals surface area contributed by atoms with Gasteiger partial charge in [-0.15, -0.1) is 0 Å². The summed E-state index contributed by atoms with van der Waals surface area (Å²) < 4.78 is 27.5. The Labute approximate surface area is 217 Å². The number of nitrogens with one attached hydrogen (secondary N) is 1. The van der Waals surface area contributed by atoms with Crippen molar-refractivity contribution in [3.8, 4) is 29.5 Å². The summed E-state index contributed by atoms with van der Waals surface area (Å²) >= 11 is 0. The van der Waals surface area contributed by atoms with Crippen LogP contribution >= 0.6 is 0 Å². The second-order valence-corrected chi connectivity index (χ2v) is 10.3. The van der Waals surface area contributed by atoms with E-state index in [1.807, 2.05) is 6.92 Å². The minimum atomic E-state index is -0.540. The molecule has 0 bridgehead atoms. The Hall–Kier alpha value is -3.75. The van der Waals surface area contributed by atoms with Gasteiger partial charge in [0.1, 0.15) is 5.75 Å². The Kier molecular flexibility index (Phi) is 7.08. The average Bonchev–Trinajstić information content (AvgIpc) is 3.40. The first-order valence-electron chi connectivity index (χ1n) is 12.3. The lowest BCUT2D eigenvalue weighted by molar-refractivity contribution is 0.0990. The maximum absolute atomic E-state index is 13.0. The highest BCUT2D eigenvalue weighted by Crippen LogP contribution is 2.54. The summed E-state index contributed by atoms with van der Waals surface area (Å²) in [4.78, 5) is 21.1. The van der Waals surface area contributed by atoms with Crippen molar-refractivity contribution < 1.29 is 28.2 Å². The molecule has 9 nitrogen and oxygen atoms in total. The van der Waals surface area contributed by atoms with E-state index in [9.17, 15) is 4.79 Å². The van der Waals surface area contributed by atoms with Crippen LogP contribution in [0.25, 0.3) is 0 Å². The normalized spacial score (nSPS) is 17.9. The molecule has 0 radical (unpaired) electrons. The molecule has 0 fully saturated rings. The fourth-order valence-corrected chi connectivity index (χ4v) is 5.22. The molecule has 0 spiro atoms. The molecule has 1 amide bonds. The Morgan fingerprint density at radius 1 is 1.05 bits per heavy atom. The summed E-state index contributed by atoms with van der Waals surface area (Å²) in [5, 5.41) is 2.68. The number of ether oxygens (including phenoxy) is 4. The van der Waals surface area contributed by atoms with Crippen molar-refractivity contribution in [2.45, 2.75) is 52.9 Å². The molecule has 37 heavy (non-hydrogen) atoms. The summed E-state index contributed by atoms with van der Waals surface area (Å²) in [5.74, 6) is 2.05. The molecule has 1 aliphatic carbocycles. The Bertz CT molecular complexity index is 1290. The van der Waals surface area contributed by atoms with Gasteiger partial charge in [0.2, 0.25) is 11.8 Å². The monoisotopic (exact) mass is 509 g/mol. The zero-order valence-electron chi connectivity index (χ0n) is 22.9. The van der Waals surface area contributed by atoms with Gasteiger partial charge in [-0.3, -0.25) is 4.79 Å². The molecule has 2 unspecified atom stereocenters. The zero-order valence-corrected chi connectivity index (χ0v) is 22.9. The molecule has 2 heterocycles. The maximum Gasteiger partial charge on any atom is 0.322 e. The fourth-order valence-electron chi connectivity index (χ4n) is 5.22. The fraction of sp³-hybridized carbons (Fsp3) is 0.464. The number of furan rings is 1. The lowest BCUT2D eigenvalue weighted by Crippen LogP contribution is -2.25. The Balaban J connectivity index is 1.58. The van der Waals surface area contributed by atoms with Crippen LogP contribution in [-0.4, -0.2) is 37.2 Å². The lowest BCUT2D eigenvalue weighted by Gasteiger charge is -2.30. The first-order chi connectivity index (χ1) is 17.5. The van der Waals surface area contributed by atoms with Crippen molar-refractivity contribution in [3.05, 3.63) is 46.7 Å². The van der Waals surface area contributed by atoms with Gasteiger partial charge in [-0.1, -0.05) is 40.7 Å². The molecule has 1 N–H and O–H groups in total. The molecular weight excluding hydrogens is 474 g/mol. The van der Waals surface area contributed by atoms with E-state index in [0.29, 0.717) is 23.5 Å². The number of fused-ring (bicyclic) bond motifs is 1. The summed E-state index contributed by atoms with van der Waals surface area (Å²) in [7, 11) is 4.25. The summed E-state index contributed by atoms with van der Waals surface area (Å²) in [6.45, 7) is 13.5. The number of carbonyl (C=O) groups excluding carboxylic acids is 1. The van der Waals surface area contributed by atoms with Gasteiger partial charge < -0.3 is 28.7 Å². The maximum atomic E-state index is 13.0. The molecule has 0 saturated heterocycles. The Morgan fingerprint density at radius 3 is 2.27 bits per heavy atom. The highest BCUT2D eigenvalue weighted by atomic mass is 16.6. The third kappa shape index (κ3) is 4.70. The second-order valence-electron chi connectivity index (χ2n) is 10.3. The average molecular weight is 510 g/mol. The first-order valence-corrected chi connectivity index (χ1v) is 12.3. The molecule has 2 atom stereocenters. The van der Waals surface area contributed by atoms with Crippen LogP contribution in [0.3, 0.4) is 0 Å². The van der Waals surface area contributed by atoms with E-state index in [2.05, 4.69) is 62.0 Å².